The number of ether oxygens (including phenoxy) is 5. The Morgan fingerprint density at radius 2 is 0.432 bits per heavy atom. The van der Waals surface area contributed by atoms with Crippen LogP contribution < -0.4 is 0 Å². The van der Waals surface area contributed by atoms with Crippen molar-refractivity contribution in [3.05, 3.63) is 0 Å². The molecular formula is C75H145N5O15. The molecule has 560 valence electrons. The van der Waals surface area contributed by atoms with Gasteiger partial charge in [-0.25, -0.2) is 24.0 Å². The first-order valence-electron chi connectivity index (χ1n) is 39.0. The van der Waals surface area contributed by atoms with Crippen LogP contribution in [0.4, 0.5) is 0 Å². The van der Waals surface area contributed by atoms with Crippen molar-refractivity contribution in [2.45, 2.75) is 322 Å². The van der Waals surface area contributed by atoms with Crippen LogP contribution in [0.3, 0.4) is 0 Å². The normalized spacial score (nSPS) is 14.7. The van der Waals surface area contributed by atoms with Crippen LogP contribution in [-0.4, -0.2) is 242 Å². The summed E-state index contributed by atoms with van der Waals surface area (Å²) in [7, 11) is 0. The van der Waals surface area contributed by atoms with Crippen LogP contribution in [0.1, 0.15) is 291 Å². The average Bonchev–Trinajstić information content (AvgIpc) is 1.25. The van der Waals surface area contributed by atoms with E-state index in [2.05, 4.69) is 44.4 Å². The Hall–Kier alpha value is -3.05. The highest BCUT2D eigenvalue weighted by Crippen LogP contribution is 2.16. The lowest BCUT2D eigenvalue weighted by molar-refractivity contribution is -0.158. The van der Waals surface area contributed by atoms with Crippen LogP contribution in [0.5, 0.6) is 0 Å². The molecule has 0 aromatic carbocycles. The van der Waals surface area contributed by atoms with Gasteiger partial charge < -0.3 is 49.2 Å². The highest BCUT2D eigenvalue weighted by Gasteiger charge is 2.30. The number of nitrogens with zero attached hydrogens (tertiary/aromatic N) is 5. The summed E-state index contributed by atoms with van der Waals surface area (Å²) in [6.07, 6.45) is 35.8. The van der Waals surface area contributed by atoms with Gasteiger partial charge in [-0.3, -0.25) is 24.5 Å². The maximum Gasteiger partial charge on any atom is 0.336 e. The van der Waals surface area contributed by atoms with Crippen molar-refractivity contribution in [3.8, 4) is 0 Å². The monoisotopic (exact) mass is 1360 g/mol. The highest BCUT2D eigenvalue weighted by molar-refractivity contribution is 5.76. The SMILES string of the molecule is CCCCCCCCCCOC(=O)C(O)CN(CCN1CCN(CCN(CC(O)C(=O)OCCCCCCCCCC)CC(O)C(=O)OCCCCCCCCCC)CC1)CCN(CC(O)C(=O)OCCCCCCCCCC)CC(O)C(=O)OCCCCCCCCCC. The van der Waals surface area contributed by atoms with Crippen molar-refractivity contribution in [1.82, 2.24) is 24.5 Å². The number of hydrogen-bond donors (Lipinski definition) is 5. The summed E-state index contributed by atoms with van der Waals surface area (Å²) >= 11 is 0. The minimum absolute atomic E-state index is 0.0660. The molecule has 0 amide bonds. The van der Waals surface area contributed by atoms with Crippen molar-refractivity contribution < 1.29 is 73.2 Å². The van der Waals surface area contributed by atoms with Gasteiger partial charge in [0.05, 0.1) is 33.0 Å². The van der Waals surface area contributed by atoms with E-state index in [1.54, 1.807) is 9.80 Å². The molecule has 1 aliphatic rings. The fraction of sp³-hybridized carbons (Fsp3) is 0.933. The second-order valence-corrected chi connectivity index (χ2v) is 27.3. The minimum atomic E-state index is -1.56. The average molecular weight is 1360 g/mol. The summed E-state index contributed by atoms with van der Waals surface area (Å²) in [5.74, 6) is -3.74. The first-order chi connectivity index (χ1) is 46.2. The predicted octanol–water partition coefficient (Wildman–Crippen LogP) is 11.7. The molecule has 0 bridgehead atoms. The van der Waals surface area contributed by atoms with E-state index in [0.29, 0.717) is 84.5 Å². The van der Waals surface area contributed by atoms with Gasteiger partial charge in [-0.1, -0.05) is 259 Å². The molecule has 95 heavy (non-hydrogen) atoms. The number of aliphatic hydroxyl groups is 5. The topological polar surface area (TPSA) is 249 Å². The third-order valence-electron chi connectivity index (χ3n) is 18.4. The van der Waals surface area contributed by atoms with Crippen LogP contribution in [0.25, 0.3) is 0 Å². The minimum Gasteiger partial charge on any atom is -0.464 e. The molecule has 0 aliphatic carbocycles. The second-order valence-electron chi connectivity index (χ2n) is 27.3. The number of piperazine rings is 1. The van der Waals surface area contributed by atoms with Gasteiger partial charge in [0.25, 0.3) is 0 Å². The van der Waals surface area contributed by atoms with E-state index in [1.807, 2.05) is 4.90 Å². The fourth-order valence-corrected chi connectivity index (χ4v) is 12.0. The highest BCUT2D eigenvalue weighted by atomic mass is 16.6. The standard InChI is InChI=1S/C75H145N5O15/c1-6-11-16-21-26-31-36-41-56-91-71(86)66(81)61-78(53-55-80(64-69(84)74(89)94-59-44-39-34-29-24-19-14-9-4)65-70(85)75(90)95-60-45-40-35-30-25-20-15-10-5)52-50-76-46-48-77(49-47-76)51-54-79(62-67(82)72(87)92-57-42-37-32-27-22-17-12-7-2)63-68(83)73(88)93-58-43-38-33-28-23-18-13-8-3/h66-70,81-85H,6-65H2,1-5H3. The van der Waals surface area contributed by atoms with Crippen LogP contribution in [-0.2, 0) is 47.7 Å². The molecule has 0 aromatic rings. The molecule has 20 nitrogen and oxygen atoms in total. The zero-order chi connectivity index (χ0) is 69.6. The molecule has 1 heterocycles. The summed E-state index contributed by atoms with van der Waals surface area (Å²) in [5.41, 5.74) is 0. The number of carbonyl (C=O) groups is 5. The van der Waals surface area contributed by atoms with Crippen LogP contribution >= 0.6 is 0 Å². The quantitative estimate of drug-likeness (QED) is 0.0216. The first kappa shape index (κ1) is 90.0. The fourth-order valence-electron chi connectivity index (χ4n) is 12.0. The Morgan fingerprint density at radius 3 is 0.653 bits per heavy atom. The zero-order valence-corrected chi connectivity index (χ0v) is 61.4. The number of hydrogen-bond acceptors (Lipinski definition) is 20. The van der Waals surface area contributed by atoms with E-state index in [1.165, 1.54) is 128 Å². The predicted molar refractivity (Wildman–Crippen MR) is 380 cm³/mol. The van der Waals surface area contributed by atoms with E-state index in [4.69, 9.17) is 23.7 Å². The van der Waals surface area contributed by atoms with Crippen molar-refractivity contribution >= 4 is 29.8 Å². The summed E-state index contributed by atoms with van der Waals surface area (Å²) in [5, 5.41) is 56.1. The third kappa shape index (κ3) is 52.6. The second kappa shape index (κ2) is 64.3. The van der Waals surface area contributed by atoms with Crippen LogP contribution in [0.2, 0.25) is 0 Å². The Bertz CT molecular complexity index is 1720. The number of rotatable bonds is 69. The Morgan fingerprint density at radius 1 is 0.263 bits per heavy atom. The number of unbranched alkanes of at least 4 members (excludes halogenated alkanes) is 35. The maximum absolute atomic E-state index is 13.3. The molecule has 1 aliphatic heterocycles. The Labute approximate surface area is 578 Å². The largest absolute Gasteiger partial charge is 0.464 e. The maximum atomic E-state index is 13.3. The summed E-state index contributed by atoms with van der Waals surface area (Å²) in [4.78, 5) is 75.7. The van der Waals surface area contributed by atoms with Gasteiger partial charge in [-0.15, -0.1) is 0 Å². The third-order valence-corrected chi connectivity index (χ3v) is 18.4. The number of carbonyl (C=O) groups excluding carboxylic acids is 5. The molecule has 1 saturated heterocycles. The lowest BCUT2D eigenvalue weighted by Gasteiger charge is -2.37. The Kier molecular flexibility index (Phi) is 60.9. The van der Waals surface area contributed by atoms with E-state index in [9.17, 15) is 49.5 Å². The van der Waals surface area contributed by atoms with E-state index >= 15 is 0 Å². The zero-order valence-electron chi connectivity index (χ0n) is 61.4. The van der Waals surface area contributed by atoms with Crippen LogP contribution in [0, 0.1) is 0 Å². The van der Waals surface area contributed by atoms with E-state index in [0.717, 1.165) is 96.3 Å². The molecule has 0 radical (unpaired) electrons. The van der Waals surface area contributed by atoms with Crippen molar-refractivity contribution in [2.24, 2.45) is 0 Å². The van der Waals surface area contributed by atoms with E-state index < -0.39 is 60.4 Å². The molecule has 1 fully saturated rings. The van der Waals surface area contributed by atoms with Gasteiger partial charge in [-0.05, 0) is 32.1 Å². The summed E-state index contributed by atoms with van der Waals surface area (Å²) in [6.45, 7) is 16.1. The van der Waals surface area contributed by atoms with Gasteiger partial charge in [0.15, 0.2) is 30.5 Å². The van der Waals surface area contributed by atoms with Gasteiger partial charge in [-0.2, -0.15) is 0 Å². The molecular weight excluding hydrogens is 1210 g/mol. The number of esters is 5. The molecule has 0 saturated carbocycles. The van der Waals surface area contributed by atoms with Crippen molar-refractivity contribution in [1.29, 1.82) is 0 Å². The summed E-state index contributed by atoms with van der Waals surface area (Å²) < 4.78 is 27.6. The molecule has 5 atom stereocenters. The van der Waals surface area contributed by atoms with Gasteiger partial charge in [0, 0.05) is 98.2 Å². The molecule has 20 heteroatoms. The molecule has 0 aromatic heterocycles. The lowest BCUT2D eigenvalue weighted by Crippen LogP contribution is -2.52. The smallest absolute Gasteiger partial charge is 0.336 e. The van der Waals surface area contributed by atoms with Gasteiger partial charge in [0.2, 0.25) is 0 Å². The Balaban J connectivity index is 3.18. The summed E-state index contributed by atoms with van der Waals surface area (Å²) in [6, 6.07) is 0. The van der Waals surface area contributed by atoms with Crippen molar-refractivity contribution in [3.63, 3.8) is 0 Å². The molecule has 1 rings (SSSR count). The molecule has 0 spiro atoms. The first-order valence-corrected chi connectivity index (χ1v) is 39.0. The van der Waals surface area contributed by atoms with Crippen LogP contribution in [0.15, 0.2) is 0 Å². The lowest BCUT2D eigenvalue weighted by atomic mass is 10.1. The van der Waals surface area contributed by atoms with Crippen molar-refractivity contribution in [2.75, 3.05) is 131 Å². The molecule has 5 N–H and O–H groups in total. The molecule has 5 unspecified atom stereocenters. The van der Waals surface area contributed by atoms with E-state index in [-0.39, 0.29) is 78.8 Å². The van der Waals surface area contributed by atoms with Gasteiger partial charge in [0.1, 0.15) is 0 Å². The van der Waals surface area contributed by atoms with Gasteiger partial charge >= 0.3 is 29.8 Å². The number of aliphatic hydroxyl groups excluding tert-OH is 5.